The number of benzene rings is 1. The Balaban J connectivity index is 2.96. The molecule has 1 rings (SSSR count). The molecule has 0 aliphatic carbocycles. The molecule has 0 bridgehead atoms. The minimum absolute atomic E-state index is 0.0942. The van der Waals surface area contributed by atoms with Gasteiger partial charge in [0.1, 0.15) is 5.82 Å². The predicted octanol–water partition coefficient (Wildman–Crippen LogP) is 1.28. The molecule has 0 spiro atoms. The van der Waals surface area contributed by atoms with Crippen molar-refractivity contribution in [1.82, 2.24) is 10.2 Å². The maximum Gasteiger partial charge on any atom is 0.233 e. The van der Waals surface area contributed by atoms with Gasteiger partial charge in [-0.05, 0) is 19.0 Å². The lowest BCUT2D eigenvalue weighted by atomic mass is 10.0. The predicted molar refractivity (Wildman–Crippen MR) is 74.1 cm³/mol. The average molecular weight is 267 g/mol. The van der Waals surface area contributed by atoms with E-state index in [0.717, 1.165) is 6.42 Å². The average Bonchev–Trinajstić information content (AvgIpc) is 2.41. The molecule has 3 N–H and O–H groups in total. The molecule has 1 aromatic carbocycles. The number of halogens is 1. The summed E-state index contributed by atoms with van der Waals surface area (Å²) in [7, 11) is 1.59. The summed E-state index contributed by atoms with van der Waals surface area (Å²) in [4.78, 5) is 13.5. The second-order valence-corrected chi connectivity index (χ2v) is 4.42. The first-order valence-electron chi connectivity index (χ1n) is 6.53. The van der Waals surface area contributed by atoms with Crippen LogP contribution in [0.25, 0.3) is 0 Å². The molecule has 4 nitrogen and oxygen atoms in total. The smallest absolute Gasteiger partial charge is 0.233 e. The van der Waals surface area contributed by atoms with Crippen molar-refractivity contribution in [3.05, 3.63) is 35.6 Å². The van der Waals surface area contributed by atoms with Crippen LogP contribution in [0.15, 0.2) is 24.3 Å². The van der Waals surface area contributed by atoms with Gasteiger partial charge in [-0.25, -0.2) is 4.39 Å². The molecule has 0 aliphatic rings. The fourth-order valence-electron chi connectivity index (χ4n) is 2.11. The van der Waals surface area contributed by atoms with Crippen molar-refractivity contribution < 1.29 is 9.18 Å². The highest BCUT2D eigenvalue weighted by molar-refractivity contribution is 5.77. The van der Waals surface area contributed by atoms with Crippen LogP contribution in [0.4, 0.5) is 4.39 Å². The molecule has 0 heterocycles. The summed E-state index contributed by atoms with van der Waals surface area (Å²) in [5, 5.41) is 2.58. The van der Waals surface area contributed by atoms with Gasteiger partial charge in [-0.2, -0.15) is 0 Å². The van der Waals surface area contributed by atoms with Crippen molar-refractivity contribution in [2.75, 3.05) is 26.7 Å². The maximum atomic E-state index is 13.9. The van der Waals surface area contributed by atoms with Gasteiger partial charge in [-0.3, -0.25) is 9.69 Å². The Kier molecular flexibility index (Phi) is 6.45. The molecule has 1 atom stereocenters. The van der Waals surface area contributed by atoms with E-state index in [4.69, 9.17) is 5.73 Å². The van der Waals surface area contributed by atoms with Crippen LogP contribution in [0.3, 0.4) is 0 Å². The van der Waals surface area contributed by atoms with E-state index in [1.54, 1.807) is 25.2 Å². The molecule has 1 aromatic rings. The van der Waals surface area contributed by atoms with Gasteiger partial charge in [0.15, 0.2) is 0 Å². The molecule has 0 saturated carbocycles. The van der Waals surface area contributed by atoms with Crippen LogP contribution >= 0.6 is 0 Å². The van der Waals surface area contributed by atoms with Gasteiger partial charge in [0.2, 0.25) is 5.91 Å². The highest BCUT2D eigenvalue weighted by Crippen LogP contribution is 2.22. The van der Waals surface area contributed by atoms with Crippen molar-refractivity contribution in [2.45, 2.75) is 19.4 Å². The maximum absolute atomic E-state index is 13.9. The van der Waals surface area contributed by atoms with E-state index in [1.807, 2.05) is 11.8 Å². The summed E-state index contributed by atoms with van der Waals surface area (Å²) >= 11 is 0. The summed E-state index contributed by atoms with van der Waals surface area (Å²) in [5.74, 6) is -0.376. The largest absolute Gasteiger partial charge is 0.358 e. The summed E-state index contributed by atoms with van der Waals surface area (Å²) in [6.45, 7) is 3.22. The standard InChI is InChI=1S/C14H22FN3O/c1-3-8-18(10-14(19)17-2)13(9-16)11-6-4-5-7-12(11)15/h4-7,13H,3,8-10,16H2,1-2H3,(H,17,19). The van der Waals surface area contributed by atoms with Crippen molar-refractivity contribution in [3.8, 4) is 0 Å². The Labute approximate surface area is 113 Å². The van der Waals surface area contributed by atoms with Crippen molar-refractivity contribution in [3.63, 3.8) is 0 Å². The molecule has 19 heavy (non-hydrogen) atoms. The Morgan fingerprint density at radius 3 is 2.68 bits per heavy atom. The minimum atomic E-state index is -0.282. The van der Waals surface area contributed by atoms with Gasteiger partial charge < -0.3 is 11.1 Å². The number of carbonyl (C=O) groups is 1. The van der Waals surface area contributed by atoms with Gasteiger partial charge in [0.25, 0.3) is 0 Å². The lowest BCUT2D eigenvalue weighted by Gasteiger charge is -2.30. The molecule has 5 heteroatoms. The van der Waals surface area contributed by atoms with Crippen LogP contribution in [0.2, 0.25) is 0 Å². The molecule has 0 fully saturated rings. The highest BCUT2D eigenvalue weighted by Gasteiger charge is 2.22. The number of rotatable bonds is 7. The van der Waals surface area contributed by atoms with Crippen molar-refractivity contribution in [2.24, 2.45) is 5.73 Å². The van der Waals surface area contributed by atoms with Crippen molar-refractivity contribution in [1.29, 1.82) is 0 Å². The van der Waals surface area contributed by atoms with E-state index in [9.17, 15) is 9.18 Å². The highest BCUT2D eigenvalue weighted by atomic mass is 19.1. The van der Waals surface area contributed by atoms with Gasteiger partial charge in [-0.1, -0.05) is 25.1 Å². The number of nitrogens with one attached hydrogen (secondary N) is 1. The number of hydrogen-bond donors (Lipinski definition) is 2. The van der Waals surface area contributed by atoms with Crippen LogP contribution in [0.1, 0.15) is 24.9 Å². The number of nitrogens with two attached hydrogens (primary N) is 1. The molecule has 0 aromatic heterocycles. The van der Waals surface area contributed by atoms with Gasteiger partial charge in [0, 0.05) is 19.2 Å². The van der Waals surface area contributed by atoms with E-state index in [-0.39, 0.29) is 30.9 Å². The molecule has 0 aliphatic heterocycles. The topological polar surface area (TPSA) is 58.4 Å². The van der Waals surface area contributed by atoms with Crippen LogP contribution < -0.4 is 11.1 Å². The first-order valence-corrected chi connectivity index (χ1v) is 6.53. The lowest BCUT2D eigenvalue weighted by molar-refractivity contribution is -0.122. The molecule has 1 amide bonds. The van der Waals surface area contributed by atoms with Crippen LogP contribution in [0, 0.1) is 5.82 Å². The van der Waals surface area contributed by atoms with Gasteiger partial charge in [0.05, 0.1) is 12.6 Å². The Hall–Kier alpha value is -1.46. The van der Waals surface area contributed by atoms with Crippen LogP contribution in [0.5, 0.6) is 0 Å². The van der Waals surface area contributed by atoms with E-state index >= 15 is 0 Å². The van der Waals surface area contributed by atoms with Gasteiger partial charge in [-0.15, -0.1) is 0 Å². The van der Waals surface area contributed by atoms with Crippen LogP contribution in [-0.4, -0.2) is 37.5 Å². The molecule has 106 valence electrons. The molecular formula is C14H22FN3O. The second-order valence-electron chi connectivity index (χ2n) is 4.42. The zero-order chi connectivity index (χ0) is 14.3. The number of amides is 1. The monoisotopic (exact) mass is 267 g/mol. The third kappa shape index (κ3) is 4.29. The van der Waals surface area contributed by atoms with E-state index in [1.165, 1.54) is 6.07 Å². The normalized spacial score (nSPS) is 12.5. The summed E-state index contributed by atoms with van der Waals surface area (Å²) in [6.07, 6.45) is 0.877. The van der Waals surface area contributed by atoms with E-state index < -0.39 is 0 Å². The minimum Gasteiger partial charge on any atom is -0.358 e. The Morgan fingerprint density at radius 1 is 1.47 bits per heavy atom. The number of nitrogens with zero attached hydrogens (tertiary/aromatic N) is 1. The SMILES string of the molecule is CCCN(CC(=O)NC)C(CN)c1ccccc1F. The number of likely N-dealkylation sites (N-methyl/N-ethyl adjacent to an activating group) is 1. The number of carbonyl (C=O) groups excluding carboxylic acids is 1. The first-order chi connectivity index (χ1) is 9.13. The van der Waals surface area contributed by atoms with Gasteiger partial charge >= 0.3 is 0 Å². The zero-order valence-electron chi connectivity index (χ0n) is 11.5. The second kappa shape index (κ2) is 7.86. The molecule has 0 saturated heterocycles. The summed E-state index contributed by atoms with van der Waals surface area (Å²) in [5.41, 5.74) is 6.33. The quantitative estimate of drug-likeness (QED) is 0.782. The fraction of sp³-hybridized carbons (Fsp3) is 0.500. The van der Waals surface area contributed by atoms with E-state index in [0.29, 0.717) is 12.1 Å². The lowest BCUT2D eigenvalue weighted by Crippen LogP contribution is -2.41. The Morgan fingerprint density at radius 2 is 2.16 bits per heavy atom. The molecule has 0 radical (unpaired) electrons. The van der Waals surface area contributed by atoms with Crippen LogP contribution in [-0.2, 0) is 4.79 Å². The number of hydrogen-bond acceptors (Lipinski definition) is 3. The third-order valence-electron chi connectivity index (χ3n) is 3.06. The zero-order valence-corrected chi connectivity index (χ0v) is 11.5. The first kappa shape index (κ1) is 15.6. The van der Waals surface area contributed by atoms with E-state index in [2.05, 4.69) is 5.32 Å². The summed E-state index contributed by atoms with van der Waals surface area (Å²) < 4.78 is 13.9. The molecule has 1 unspecified atom stereocenters. The molecular weight excluding hydrogens is 245 g/mol. The van der Waals surface area contributed by atoms with Crippen molar-refractivity contribution >= 4 is 5.91 Å². The third-order valence-corrected chi connectivity index (χ3v) is 3.06. The fourth-order valence-corrected chi connectivity index (χ4v) is 2.11. The summed E-state index contributed by atoms with van der Waals surface area (Å²) in [6, 6.07) is 6.29. The Bertz CT molecular complexity index is 411.